The van der Waals surface area contributed by atoms with E-state index in [1.807, 2.05) is 58.0 Å². The van der Waals surface area contributed by atoms with Gasteiger partial charge in [-0.25, -0.2) is 0 Å². The van der Waals surface area contributed by atoms with Gasteiger partial charge in [0, 0.05) is 18.9 Å². The summed E-state index contributed by atoms with van der Waals surface area (Å²) in [6.45, 7) is 7.40. The average molecular weight is 378 g/mol. The van der Waals surface area contributed by atoms with Gasteiger partial charge < -0.3 is 20.4 Å². The maximum atomic E-state index is 10.3. The maximum Gasteiger partial charge on any atom is 0.122 e. The second-order valence-electron chi connectivity index (χ2n) is 7.62. The molecule has 0 spiro atoms. The van der Waals surface area contributed by atoms with Crippen molar-refractivity contribution in [1.29, 1.82) is 0 Å². The molecule has 0 saturated heterocycles. The number of aromatic hydroxyl groups is 4. The quantitative estimate of drug-likeness (QED) is 0.519. The minimum atomic E-state index is 0.0442. The highest BCUT2D eigenvalue weighted by Gasteiger charge is 2.13. The lowest BCUT2D eigenvalue weighted by Crippen LogP contribution is -1.97. The van der Waals surface area contributed by atoms with Gasteiger partial charge in [-0.15, -0.1) is 0 Å². The van der Waals surface area contributed by atoms with E-state index in [4.69, 9.17) is 0 Å². The Balaban J connectivity index is 1.95. The molecule has 4 heteroatoms. The van der Waals surface area contributed by atoms with Crippen LogP contribution in [0.5, 0.6) is 23.0 Å². The van der Waals surface area contributed by atoms with Crippen molar-refractivity contribution < 1.29 is 20.4 Å². The lowest BCUT2D eigenvalue weighted by atomic mass is 9.94. The van der Waals surface area contributed by atoms with E-state index in [1.54, 1.807) is 0 Å². The summed E-state index contributed by atoms with van der Waals surface area (Å²) in [4.78, 5) is 0. The summed E-state index contributed by atoms with van der Waals surface area (Å²) in [6, 6.07) is 10.8. The average Bonchev–Trinajstić information content (AvgIpc) is 2.61. The third kappa shape index (κ3) is 3.91. The van der Waals surface area contributed by atoms with E-state index >= 15 is 0 Å². The van der Waals surface area contributed by atoms with Crippen molar-refractivity contribution in [3.05, 3.63) is 80.9 Å². The van der Waals surface area contributed by atoms with Crippen LogP contribution in [0.15, 0.2) is 36.4 Å². The highest BCUT2D eigenvalue weighted by atomic mass is 16.3. The standard InChI is InChI=1S/C24H26O4/c1-13-5-17(6-14(2)23(13)27)9-19-11-20(22(26)12-21(19)25)10-18-7-15(3)24(28)16(4)8-18/h5-8,11-12,25-28H,9-10H2,1-4H3. The Morgan fingerprint density at radius 1 is 0.500 bits per heavy atom. The van der Waals surface area contributed by atoms with Crippen molar-refractivity contribution >= 4 is 0 Å². The fraction of sp³-hybridized carbons (Fsp3) is 0.250. The summed E-state index contributed by atoms with van der Waals surface area (Å²) in [7, 11) is 0. The highest BCUT2D eigenvalue weighted by Crippen LogP contribution is 2.33. The Bertz CT molecular complexity index is 924. The zero-order valence-electron chi connectivity index (χ0n) is 16.7. The molecule has 0 unspecified atom stereocenters. The maximum absolute atomic E-state index is 10.3. The molecule has 146 valence electrons. The third-order valence-electron chi connectivity index (χ3n) is 5.17. The van der Waals surface area contributed by atoms with Gasteiger partial charge in [-0.1, -0.05) is 24.3 Å². The van der Waals surface area contributed by atoms with Gasteiger partial charge >= 0.3 is 0 Å². The first kappa shape index (κ1) is 19.6. The largest absolute Gasteiger partial charge is 0.508 e. The first-order valence-corrected chi connectivity index (χ1v) is 9.27. The van der Waals surface area contributed by atoms with Crippen LogP contribution in [-0.4, -0.2) is 20.4 Å². The molecule has 0 fully saturated rings. The fourth-order valence-corrected chi connectivity index (χ4v) is 3.69. The summed E-state index contributed by atoms with van der Waals surface area (Å²) in [5.74, 6) is 0.667. The molecule has 0 heterocycles. The Kier molecular flexibility index (Phi) is 5.23. The van der Waals surface area contributed by atoms with Crippen molar-refractivity contribution in [2.45, 2.75) is 40.5 Å². The molecule has 0 aliphatic carbocycles. The molecular formula is C24H26O4. The van der Waals surface area contributed by atoms with Crippen molar-refractivity contribution in [1.82, 2.24) is 0 Å². The van der Waals surface area contributed by atoms with Crippen molar-refractivity contribution in [2.24, 2.45) is 0 Å². The lowest BCUT2D eigenvalue weighted by Gasteiger charge is -2.13. The topological polar surface area (TPSA) is 80.9 Å². The summed E-state index contributed by atoms with van der Waals surface area (Å²) in [6.07, 6.45) is 0.989. The van der Waals surface area contributed by atoms with Gasteiger partial charge in [0.05, 0.1) is 0 Å². The molecule has 0 saturated carbocycles. The van der Waals surface area contributed by atoms with E-state index in [9.17, 15) is 20.4 Å². The van der Waals surface area contributed by atoms with Crippen molar-refractivity contribution in [3.8, 4) is 23.0 Å². The van der Waals surface area contributed by atoms with Crippen LogP contribution in [0.4, 0.5) is 0 Å². The third-order valence-corrected chi connectivity index (χ3v) is 5.17. The second-order valence-corrected chi connectivity index (χ2v) is 7.62. The Labute approximate surface area is 165 Å². The molecule has 3 aromatic rings. The second kappa shape index (κ2) is 7.47. The predicted octanol–water partition coefficient (Wildman–Crippen LogP) is 4.92. The summed E-state index contributed by atoms with van der Waals surface area (Å²) < 4.78 is 0. The number of phenolic OH excluding ortho intramolecular Hbond substituents is 4. The van der Waals surface area contributed by atoms with Crippen LogP contribution < -0.4 is 0 Å². The molecule has 0 radical (unpaired) electrons. The van der Waals surface area contributed by atoms with Crippen LogP contribution >= 0.6 is 0 Å². The van der Waals surface area contributed by atoms with E-state index in [-0.39, 0.29) is 23.0 Å². The summed E-state index contributed by atoms with van der Waals surface area (Å²) in [5, 5.41) is 40.6. The van der Waals surface area contributed by atoms with E-state index < -0.39 is 0 Å². The molecule has 0 aliphatic rings. The minimum absolute atomic E-state index is 0.0442. The smallest absolute Gasteiger partial charge is 0.122 e. The molecule has 3 rings (SSSR count). The molecular weight excluding hydrogens is 352 g/mol. The number of hydrogen-bond donors (Lipinski definition) is 4. The van der Waals surface area contributed by atoms with Crippen LogP contribution in [0.1, 0.15) is 44.5 Å². The summed E-state index contributed by atoms with van der Waals surface area (Å²) in [5.41, 5.74) is 6.57. The Morgan fingerprint density at radius 3 is 1.14 bits per heavy atom. The van der Waals surface area contributed by atoms with Gasteiger partial charge in [-0.3, -0.25) is 0 Å². The minimum Gasteiger partial charge on any atom is -0.508 e. The molecule has 28 heavy (non-hydrogen) atoms. The summed E-state index contributed by atoms with van der Waals surface area (Å²) >= 11 is 0. The first-order chi connectivity index (χ1) is 13.2. The lowest BCUT2D eigenvalue weighted by molar-refractivity contribution is 0.443. The molecule has 4 N–H and O–H groups in total. The SMILES string of the molecule is Cc1cc(Cc2cc(Cc3cc(C)c(O)c(C)c3)c(O)cc2O)cc(C)c1O. The van der Waals surface area contributed by atoms with Crippen LogP contribution in [0, 0.1) is 27.7 Å². The van der Waals surface area contributed by atoms with Gasteiger partial charge in [0.2, 0.25) is 0 Å². The highest BCUT2D eigenvalue weighted by molar-refractivity contribution is 5.51. The fourth-order valence-electron chi connectivity index (χ4n) is 3.69. The van der Waals surface area contributed by atoms with Crippen molar-refractivity contribution in [3.63, 3.8) is 0 Å². The first-order valence-electron chi connectivity index (χ1n) is 9.27. The van der Waals surface area contributed by atoms with E-state index in [1.165, 1.54) is 6.07 Å². The number of rotatable bonds is 4. The van der Waals surface area contributed by atoms with Crippen LogP contribution in [0.3, 0.4) is 0 Å². The van der Waals surface area contributed by atoms with E-state index in [0.717, 1.165) is 33.4 Å². The van der Waals surface area contributed by atoms with Gasteiger partial charge in [-0.2, -0.15) is 0 Å². The zero-order chi connectivity index (χ0) is 20.6. The zero-order valence-corrected chi connectivity index (χ0v) is 16.7. The van der Waals surface area contributed by atoms with E-state index in [0.29, 0.717) is 24.0 Å². The van der Waals surface area contributed by atoms with Crippen LogP contribution in [0.2, 0.25) is 0 Å². The molecule has 3 aromatic carbocycles. The van der Waals surface area contributed by atoms with Gasteiger partial charge in [-0.05, 0) is 78.3 Å². The predicted molar refractivity (Wildman–Crippen MR) is 111 cm³/mol. The molecule has 0 atom stereocenters. The van der Waals surface area contributed by atoms with E-state index in [2.05, 4.69) is 0 Å². The normalized spacial score (nSPS) is 11.0. The molecule has 0 aliphatic heterocycles. The Morgan fingerprint density at radius 2 is 0.821 bits per heavy atom. The number of phenols is 4. The molecule has 0 bridgehead atoms. The molecule has 0 amide bonds. The van der Waals surface area contributed by atoms with Gasteiger partial charge in [0.1, 0.15) is 23.0 Å². The number of aryl methyl sites for hydroxylation is 4. The van der Waals surface area contributed by atoms with Crippen LogP contribution in [-0.2, 0) is 12.8 Å². The number of hydrogen-bond acceptors (Lipinski definition) is 4. The Hall–Kier alpha value is -3.14. The van der Waals surface area contributed by atoms with Gasteiger partial charge in [0.15, 0.2) is 0 Å². The molecule has 0 aromatic heterocycles. The van der Waals surface area contributed by atoms with Gasteiger partial charge in [0.25, 0.3) is 0 Å². The van der Waals surface area contributed by atoms with Crippen molar-refractivity contribution in [2.75, 3.05) is 0 Å². The molecule has 4 nitrogen and oxygen atoms in total. The monoisotopic (exact) mass is 378 g/mol. The van der Waals surface area contributed by atoms with Crippen LogP contribution in [0.25, 0.3) is 0 Å². The number of benzene rings is 3.